The highest BCUT2D eigenvalue weighted by atomic mass is 16.5. The Morgan fingerprint density at radius 3 is 2.25 bits per heavy atom. The second kappa shape index (κ2) is 13.7. The van der Waals surface area contributed by atoms with E-state index in [2.05, 4.69) is 5.32 Å². The Kier molecular flexibility index (Phi) is 13.0. The maximum absolute atomic E-state index is 13.1. The Balaban J connectivity index is 0.00000144. The van der Waals surface area contributed by atoms with E-state index in [1.165, 1.54) is 0 Å². The van der Waals surface area contributed by atoms with Crippen molar-refractivity contribution in [2.75, 3.05) is 6.61 Å². The molecule has 32 heavy (non-hydrogen) atoms. The molecule has 9 heteroatoms. The molecule has 1 aliphatic heterocycles. The van der Waals surface area contributed by atoms with Crippen molar-refractivity contribution in [1.82, 2.24) is 10.2 Å². The third-order valence-electron chi connectivity index (χ3n) is 5.60. The van der Waals surface area contributed by atoms with Crippen LogP contribution in [0.3, 0.4) is 0 Å². The first kappa shape index (κ1) is 30.3. The van der Waals surface area contributed by atoms with Gasteiger partial charge in [-0.1, -0.05) is 26.2 Å². The van der Waals surface area contributed by atoms with Gasteiger partial charge in [0.2, 0.25) is 5.91 Å². The van der Waals surface area contributed by atoms with E-state index in [0.717, 1.165) is 32.1 Å². The van der Waals surface area contributed by atoms with Gasteiger partial charge in [0, 0.05) is 11.6 Å². The molecule has 2 rings (SSSR count). The number of carbonyl (C=O) groups excluding carboxylic acids is 2. The van der Waals surface area contributed by atoms with Gasteiger partial charge in [-0.2, -0.15) is 0 Å². The molecule has 1 saturated heterocycles. The Labute approximate surface area is 192 Å². The molecule has 0 unspecified atom stereocenters. The lowest BCUT2D eigenvalue weighted by molar-refractivity contribution is -0.152. The van der Waals surface area contributed by atoms with Crippen molar-refractivity contribution in [1.29, 1.82) is 0 Å². The van der Waals surface area contributed by atoms with Crippen LogP contribution in [0.5, 0.6) is 0 Å². The molecule has 0 spiro atoms. The van der Waals surface area contributed by atoms with Crippen molar-refractivity contribution in [2.45, 2.75) is 116 Å². The van der Waals surface area contributed by atoms with E-state index >= 15 is 0 Å². The molecule has 188 valence electrons. The van der Waals surface area contributed by atoms with Gasteiger partial charge in [-0.15, -0.1) is 0 Å². The smallest absolute Gasteiger partial charge is 0.326 e. The molecule has 0 radical (unpaired) electrons. The Hall–Kier alpha value is -1.71. The lowest BCUT2D eigenvalue weighted by atomic mass is 9.84. The SMILES string of the molecule is CC(C)(C)N.CCC[C@H](N[C@@H](C)C(=O)N1[C@H](C(=O)O)C[C@@H]2CCCC[C@@H]21)C(=O)OCC.O. The van der Waals surface area contributed by atoms with E-state index in [0.29, 0.717) is 19.4 Å². The topological polar surface area (TPSA) is 153 Å². The first-order chi connectivity index (χ1) is 14.4. The number of rotatable bonds is 8. The molecule has 9 nitrogen and oxygen atoms in total. The number of nitrogens with two attached hydrogens (primary N) is 1. The Morgan fingerprint density at radius 2 is 1.75 bits per heavy atom. The van der Waals surface area contributed by atoms with Crippen LogP contribution in [-0.4, -0.2) is 69.6 Å². The number of nitrogens with one attached hydrogen (secondary N) is 1. The highest BCUT2D eigenvalue weighted by Crippen LogP contribution is 2.40. The molecule has 0 bridgehead atoms. The van der Waals surface area contributed by atoms with Crippen molar-refractivity contribution in [3.8, 4) is 0 Å². The van der Waals surface area contributed by atoms with Crippen molar-refractivity contribution in [3.05, 3.63) is 0 Å². The molecule has 0 aromatic rings. The van der Waals surface area contributed by atoms with Gasteiger partial charge in [-0.3, -0.25) is 14.9 Å². The van der Waals surface area contributed by atoms with Crippen LogP contribution in [0, 0.1) is 5.92 Å². The molecular weight excluding hydrogens is 414 g/mol. The third kappa shape index (κ3) is 9.42. The number of fused-ring (bicyclic) bond motifs is 1. The first-order valence-electron chi connectivity index (χ1n) is 11.7. The van der Waals surface area contributed by atoms with Gasteiger partial charge in [-0.25, -0.2) is 4.79 Å². The summed E-state index contributed by atoms with van der Waals surface area (Å²) in [4.78, 5) is 38.5. The fourth-order valence-electron chi connectivity index (χ4n) is 4.39. The van der Waals surface area contributed by atoms with Gasteiger partial charge >= 0.3 is 11.9 Å². The van der Waals surface area contributed by atoms with E-state index in [1.807, 2.05) is 27.7 Å². The molecular formula is C23H45N3O6. The highest BCUT2D eigenvalue weighted by Gasteiger charge is 2.48. The number of ether oxygens (including phenoxy) is 1. The number of esters is 1. The fraction of sp³-hybridized carbons (Fsp3) is 0.870. The summed E-state index contributed by atoms with van der Waals surface area (Å²) in [5, 5.41) is 12.7. The van der Waals surface area contributed by atoms with Gasteiger partial charge in [0.1, 0.15) is 12.1 Å². The number of nitrogens with zero attached hydrogens (tertiary/aromatic N) is 1. The second-order valence-corrected chi connectivity index (χ2v) is 9.79. The minimum Gasteiger partial charge on any atom is -0.480 e. The molecule has 0 aromatic carbocycles. The number of carbonyl (C=O) groups is 3. The van der Waals surface area contributed by atoms with Crippen LogP contribution in [0.2, 0.25) is 0 Å². The van der Waals surface area contributed by atoms with E-state index < -0.39 is 24.1 Å². The maximum Gasteiger partial charge on any atom is 0.326 e. The summed E-state index contributed by atoms with van der Waals surface area (Å²) in [6.07, 6.45) is 5.87. The summed E-state index contributed by atoms with van der Waals surface area (Å²) < 4.78 is 5.09. The highest BCUT2D eigenvalue weighted by molar-refractivity contribution is 5.88. The van der Waals surface area contributed by atoms with E-state index in [1.54, 1.807) is 18.7 Å². The minimum absolute atomic E-state index is 0. The number of aliphatic carboxylic acids is 1. The molecule has 2 aliphatic rings. The summed E-state index contributed by atoms with van der Waals surface area (Å²) in [7, 11) is 0. The van der Waals surface area contributed by atoms with Gasteiger partial charge < -0.3 is 26.0 Å². The van der Waals surface area contributed by atoms with Gasteiger partial charge in [0.05, 0.1) is 12.6 Å². The molecule has 1 aliphatic carbocycles. The van der Waals surface area contributed by atoms with Gasteiger partial charge in [0.15, 0.2) is 0 Å². The maximum atomic E-state index is 13.1. The molecule has 0 aromatic heterocycles. The zero-order chi connectivity index (χ0) is 23.8. The van der Waals surface area contributed by atoms with Crippen LogP contribution in [-0.2, 0) is 19.1 Å². The molecule has 2 fully saturated rings. The fourth-order valence-corrected chi connectivity index (χ4v) is 4.39. The summed E-state index contributed by atoms with van der Waals surface area (Å²) in [5.41, 5.74) is 5.35. The molecule has 1 amide bonds. The van der Waals surface area contributed by atoms with Crippen LogP contribution in [0.4, 0.5) is 0 Å². The van der Waals surface area contributed by atoms with E-state index in [-0.39, 0.29) is 34.9 Å². The first-order valence-corrected chi connectivity index (χ1v) is 11.7. The standard InChI is InChI=1S/C19H32N2O5.C4H11N.H2O/c1-4-8-14(19(25)26-5-2)20-12(3)17(22)21-15-10-7-6-9-13(15)11-16(21)18(23)24;1-4(2,3)5;/h12-16,20H,4-11H2,1-3H3,(H,23,24);5H2,1-3H3;1H2/t12-,13-,14-,15-,16-;;/m0../s1. The lowest BCUT2D eigenvalue weighted by Crippen LogP contribution is -2.55. The van der Waals surface area contributed by atoms with E-state index in [9.17, 15) is 19.5 Å². The molecule has 6 N–H and O–H groups in total. The third-order valence-corrected chi connectivity index (χ3v) is 5.60. The predicted octanol–water partition coefficient (Wildman–Crippen LogP) is 1.86. The number of carboxylic acid groups (broad SMARTS) is 1. The van der Waals surface area contributed by atoms with Crippen LogP contribution >= 0.6 is 0 Å². The lowest BCUT2D eigenvalue weighted by Gasteiger charge is -2.35. The van der Waals surface area contributed by atoms with Crippen molar-refractivity contribution >= 4 is 17.8 Å². The number of likely N-dealkylation sites (tertiary alicyclic amines) is 1. The van der Waals surface area contributed by atoms with Crippen molar-refractivity contribution in [3.63, 3.8) is 0 Å². The zero-order valence-electron chi connectivity index (χ0n) is 20.6. The minimum atomic E-state index is -0.935. The summed E-state index contributed by atoms with van der Waals surface area (Å²) in [6, 6.07) is -1.92. The van der Waals surface area contributed by atoms with Crippen LogP contribution < -0.4 is 11.1 Å². The van der Waals surface area contributed by atoms with Crippen molar-refractivity contribution in [2.24, 2.45) is 11.7 Å². The monoisotopic (exact) mass is 459 g/mol. The number of carboxylic acids is 1. The summed E-state index contributed by atoms with van der Waals surface area (Å²) in [5.74, 6) is -1.24. The summed E-state index contributed by atoms with van der Waals surface area (Å²) >= 11 is 0. The Morgan fingerprint density at radius 1 is 1.19 bits per heavy atom. The second-order valence-electron chi connectivity index (χ2n) is 9.79. The van der Waals surface area contributed by atoms with Crippen LogP contribution in [0.15, 0.2) is 0 Å². The van der Waals surface area contributed by atoms with Gasteiger partial charge in [0.25, 0.3) is 0 Å². The number of amides is 1. The average molecular weight is 460 g/mol. The quantitative estimate of drug-likeness (QED) is 0.468. The number of hydrogen-bond donors (Lipinski definition) is 3. The van der Waals surface area contributed by atoms with Crippen LogP contribution in [0.1, 0.15) is 86.5 Å². The predicted molar refractivity (Wildman–Crippen MR) is 124 cm³/mol. The van der Waals surface area contributed by atoms with Gasteiger partial charge in [-0.05, 0) is 66.2 Å². The average Bonchev–Trinajstić information content (AvgIpc) is 3.05. The van der Waals surface area contributed by atoms with Crippen LogP contribution in [0.25, 0.3) is 0 Å². The zero-order valence-corrected chi connectivity index (χ0v) is 20.6. The normalized spacial score (nSPS) is 24.2. The van der Waals surface area contributed by atoms with Crippen molar-refractivity contribution < 1.29 is 29.7 Å². The summed E-state index contributed by atoms with van der Waals surface area (Å²) in [6.45, 7) is 11.6. The molecule has 1 heterocycles. The largest absolute Gasteiger partial charge is 0.480 e. The van der Waals surface area contributed by atoms with E-state index in [4.69, 9.17) is 10.5 Å². The molecule has 5 atom stereocenters. The molecule has 1 saturated carbocycles. The number of hydrogen-bond acceptors (Lipinski definition) is 6. The Bertz CT molecular complexity index is 601.